The van der Waals surface area contributed by atoms with Gasteiger partial charge in [0.25, 0.3) is 0 Å². The van der Waals surface area contributed by atoms with E-state index in [1.165, 1.54) is 13.0 Å². The van der Waals surface area contributed by atoms with Gasteiger partial charge < -0.3 is 10.6 Å². The molecule has 116 valence electrons. The molecule has 23 heavy (non-hydrogen) atoms. The molecule has 2 aromatic carbocycles. The molecule has 2 aromatic rings. The number of carbonyl (C=O) groups excluding carboxylic acids is 2. The van der Waals surface area contributed by atoms with Gasteiger partial charge in [-0.05, 0) is 35.9 Å². The van der Waals surface area contributed by atoms with E-state index in [4.69, 9.17) is 16.9 Å². The van der Waals surface area contributed by atoms with Crippen LogP contribution in [0.5, 0.6) is 0 Å². The van der Waals surface area contributed by atoms with Crippen molar-refractivity contribution in [1.82, 2.24) is 0 Å². The van der Waals surface area contributed by atoms with E-state index < -0.39 is 0 Å². The van der Waals surface area contributed by atoms with Crippen LogP contribution in [0.4, 0.5) is 11.4 Å². The Labute approximate surface area is 138 Å². The third kappa shape index (κ3) is 4.83. The van der Waals surface area contributed by atoms with Crippen LogP contribution in [0.25, 0.3) is 0 Å². The molecule has 0 aliphatic heterocycles. The fraction of sp³-hybridized carbons (Fsp3) is 0.118. The van der Waals surface area contributed by atoms with Crippen LogP contribution in [-0.4, -0.2) is 11.8 Å². The highest BCUT2D eigenvalue weighted by atomic mass is 35.5. The first-order chi connectivity index (χ1) is 11.0. The summed E-state index contributed by atoms with van der Waals surface area (Å²) in [6, 6.07) is 13.7. The maximum absolute atomic E-state index is 12.0. The molecule has 0 unspecified atom stereocenters. The number of anilines is 2. The molecular weight excluding hydrogens is 314 g/mol. The van der Waals surface area contributed by atoms with Crippen molar-refractivity contribution in [1.29, 1.82) is 5.26 Å². The first kappa shape index (κ1) is 16.5. The molecular formula is C17H14ClN3O2. The zero-order valence-corrected chi connectivity index (χ0v) is 13.1. The standard InChI is InChI=1S/C17H14ClN3O2/c1-11(22)20-14-5-2-12(3-6-14)8-17(23)21-15-7-4-13(10-19)16(18)9-15/h2-7,9H,8H2,1H3,(H,20,22)(H,21,23). The van der Waals surface area contributed by atoms with Gasteiger partial charge in [0.05, 0.1) is 17.0 Å². The van der Waals surface area contributed by atoms with E-state index in [9.17, 15) is 9.59 Å². The summed E-state index contributed by atoms with van der Waals surface area (Å²) in [6.45, 7) is 1.43. The predicted octanol–water partition coefficient (Wildman–Crippen LogP) is 3.35. The molecule has 0 fully saturated rings. The van der Waals surface area contributed by atoms with E-state index in [0.717, 1.165) is 5.56 Å². The molecule has 0 radical (unpaired) electrons. The number of hydrogen-bond acceptors (Lipinski definition) is 3. The van der Waals surface area contributed by atoms with Gasteiger partial charge in [0.1, 0.15) is 6.07 Å². The van der Waals surface area contributed by atoms with Crippen LogP contribution in [0.3, 0.4) is 0 Å². The topological polar surface area (TPSA) is 82.0 Å². The summed E-state index contributed by atoms with van der Waals surface area (Å²) in [6.07, 6.45) is 0.192. The van der Waals surface area contributed by atoms with Gasteiger partial charge in [-0.15, -0.1) is 0 Å². The zero-order valence-electron chi connectivity index (χ0n) is 12.4. The minimum Gasteiger partial charge on any atom is -0.326 e. The van der Waals surface area contributed by atoms with E-state index in [0.29, 0.717) is 22.0 Å². The van der Waals surface area contributed by atoms with Gasteiger partial charge in [0.15, 0.2) is 0 Å². The average molecular weight is 328 g/mol. The lowest BCUT2D eigenvalue weighted by Crippen LogP contribution is -2.14. The molecule has 0 bridgehead atoms. The van der Waals surface area contributed by atoms with Crippen molar-refractivity contribution in [2.75, 3.05) is 10.6 Å². The summed E-state index contributed by atoms with van der Waals surface area (Å²) in [7, 11) is 0. The summed E-state index contributed by atoms with van der Waals surface area (Å²) in [5.74, 6) is -0.341. The number of halogens is 1. The van der Waals surface area contributed by atoms with Crippen molar-refractivity contribution in [3.8, 4) is 6.07 Å². The Morgan fingerprint density at radius 1 is 1.09 bits per heavy atom. The van der Waals surface area contributed by atoms with Crippen molar-refractivity contribution >= 4 is 34.8 Å². The highest BCUT2D eigenvalue weighted by molar-refractivity contribution is 6.32. The van der Waals surface area contributed by atoms with E-state index in [-0.39, 0.29) is 18.2 Å². The maximum Gasteiger partial charge on any atom is 0.228 e. The van der Waals surface area contributed by atoms with Crippen molar-refractivity contribution in [2.24, 2.45) is 0 Å². The molecule has 0 aliphatic rings. The van der Waals surface area contributed by atoms with Crippen LogP contribution >= 0.6 is 11.6 Å². The molecule has 5 nitrogen and oxygen atoms in total. The lowest BCUT2D eigenvalue weighted by atomic mass is 10.1. The second-order valence-corrected chi connectivity index (χ2v) is 5.32. The number of nitriles is 1. The number of benzene rings is 2. The second-order valence-electron chi connectivity index (χ2n) is 4.91. The minimum absolute atomic E-state index is 0.145. The maximum atomic E-state index is 12.0. The molecule has 2 rings (SSSR count). The largest absolute Gasteiger partial charge is 0.326 e. The molecule has 6 heteroatoms. The summed E-state index contributed by atoms with van der Waals surface area (Å²) >= 11 is 5.92. The Balaban J connectivity index is 1.98. The van der Waals surface area contributed by atoms with Gasteiger partial charge in [0.2, 0.25) is 11.8 Å². The second kappa shape index (κ2) is 7.43. The Kier molecular flexibility index (Phi) is 5.34. The minimum atomic E-state index is -0.196. The lowest BCUT2D eigenvalue weighted by Gasteiger charge is -2.07. The average Bonchev–Trinajstić information content (AvgIpc) is 2.49. The van der Waals surface area contributed by atoms with Crippen LogP contribution < -0.4 is 10.6 Å². The molecule has 2 amide bonds. The number of nitrogens with one attached hydrogen (secondary N) is 2. The summed E-state index contributed by atoms with van der Waals surface area (Å²) in [5.41, 5.74) is 2.39. The Morgan fingerprint density at radius 2 is 1.74 bits per heavy atom. The lowest BCUT2D eigenvalue weighted by molar-refractivity contribution is -0.116. The van der Waals surface area contributed by atoms with E-state index in [1.807, 2.05) is 6.07 Å². The fourth-order valence-corrected chi connectivity index (χ4v) is 2.21. The summed E-state index contributed by atoms with van der Waals surface area (Å²) in [4.78, 5) is 23.0. The Morgan fingerprint density at radius 3 is 2.30 bits per heavy atom. The summed E-state index contributed by atoms with van der Waals surface area (Å²) < 4.78 is 0. The van der Waals surface area contributed by atoms with Gasteiger partial charge in [-0.1, -0.05) is 23.7 Å². The normalized spacial score (nSPS) is 9.78. The quantitative estimate of drug-likeness (QED) is 0.903. The smallest absolute Gasteiger partial charge is 0.228 e. The van der Waals surface area contributed by atoms with Crippen LogP contribution in [0, 0.1) is 11.3 Å². The van der Waals surface area contributed by atoms with Gasteiger partial charge in [-0.2, -0.15) is 5.26 Å². The number of rotatable bonds is 4. The predicted molar refractivity (Wildman–Crippen MR) is 89.2 cm³/mol. The zero-order chi connectivity index (χ0) is 16.8. The highest BCUT2D eigenvalue weighted by Gasteiger charge is 2.07. The molecule has 0 spiro atoms. The van der Waals surface area contributed by atoms with Crippen molar-refractivity contribution in [3.05, 3.63) is 58.6 Å². The van der Waals surface area contributed by atoms with E-state index >= 15 is 0 Å². The molecule has 0 aromatic heterocycles. The number of nitrogens with zero attached hydrogens (tertiary/aromatic N) is 1. The van der Waals surface area contributed by atoms with Gasteiger partial charge >= 0.3 is 0 Å². The summed E-state index contributed by atoms with van der Waals surface area (Å²) in [5, 5.41) is 14.5. The first-order valence-electron chi connectivity index (χ1n) is 6.84. The molecule has 0 saturated heterocycles. The first-order valence-corrected chi connectivity index (χ1v) is 7.22. The van der Waals surface area contributed by atoms with Crippen LogP contribution in [0.1, 0.15) is 18.1 Å². The number of carbonyl (C=O) groups is 2. The van der Waals surface area contributed by atoms with Crippen molar-refractivity contribution in [3.63, 3.8) is 0 Å². The van der Waals surface area contributed by atoms with Crippen LogP contribution in [0.2, 0.25) is 5.02 Å². The SMILES string of the molecule is CC(=O)Nc1ccc(CC(=O)Nc2ccc(C#N)c(Cl)c2)cc1. The fourth-order valence-electron chi connectivity index (χ4n) is 1.98. The molecule has 0 saturated carbocycles. The van der Waals surface area contributed by atoms with E-state index in [2.05, 4.69) is 10.6 Å². The van der Waals surface area contributed by atoms with Gasteiger partial charge in [0, 0.05) is 18.3 Å². The number of hydrogen-bond donors (Lipinski definition) is 2. The monoisotopic (exact) mass is 327 g/mol. The number of amides is 2. The highest BCUT2D eigenvalue weighted by Crippen LogP contribution is 2.20. The van der Waals surface area contributed by atoms with Crippen molar-refractivity contribution < 1.29 is 9.59 Å². The van der Waals surface area contributed by atoms with Gasteiger partial charge in [-0.3, -0.25) is 9.59 Å². The van der Waals surface area contributed by atoms with Gasteiger partial charge in [-0.25, -0.2) is 0 Å². The molecule has 0 heterocycles. The van der Waals surface area contributed by atoms with Crippen molar-refractivity contribution in [2.45, 2.75) is 13.3 Å². The Bertz CT molecular complexity index is 779. The van der Waals surface area contributed by atoms with Crippen LogP contribution in [0.15, 0.2) is 42.5 Å². The molecule has 2 N–H and O–H groups in total. The third-order valence-corrected chi connectivity index (χ3v) is 3.32. The molecule has 0 aliphatic carbocycles. The third-order valence-electron chi connectivity index (χ3n) is 3.01. The van der Waals surface area contributed by atoms with E-state index in [1.54, 1.807) is 36.4 Å². The Hall–Kier alpha value is -2.84. The van der Waals surface area contributed by atoms with Crippen LogP contribution in [-0.2, 0) is 16.0 Å². The molecule has 0 atom stereocenters.